The van der Waals surface area contributed by atoms with Gasteiger partial charge >= 0.3 is 6.09 Å². The second-order valence-electron chi connectivity index (χ2n) is 7.84. The first-order valence-corrected chi connectivity index (χ1v) is 10.6. The van der Waals surface area contributed by atoms with E-state index in [1.807, 2.05) is 24.3 Å². The molecule has 2 unspecified atom stereocenters. The van der Waals surface area contributed by atoms with E-state index in [2.05, 4.69) is 29.6 Å². The van der Waals surface area contributed by atoms with Crippen LogP contribution in [-0.2, 0) is 4.74 Å². The highest BCUT2D eigenvalue weighted by atomic mass is 16.5. The summed E-state index contributed by atoms with van der Waals surface area (Å²) in [6.45, 7) is 0.370. The molecule has 1 aliphatic carbocycles. The number of fused-ring (bicyclic) bond motifs is 3. The lowest BCUT2D eigenvalue weighted by Gasteiger charge is -2.19. The number of aliphatic hydroxyl groups excluding tert-OH is 2. The third kappa shape index (κ3) is 4.56. The van der Waals surface area contributed by atoms with E-state index in [0.29, 0.717) is 17.4 Å². The van der Waals surface area contributed by atoms with Crippen LogP contribution in [0.2, 0.25) is 0 Å². The minimum Gasteiger partial charge on any atom is -0.449 e. The molecule has 6 heteroatoms. The van der Waals surface area contributed by atoms with Gasteiger partial charge in [-0.3, -0.25) is 4.79 Å². The number of aliphatic hydroxyl groups is 2. The Morgan fingerprint density at radius 1 is 0.938 bits per heavy atom. The molecule has 0 aromatic heterocycles. The summed E-state index contributed by atoms with van der Waals surface area (Å²) in [6.07, 6.45) is -1.87. The van der Waals surface area contributed by atoms with Crippen LogP contribution in [-0.4, -0.2) is 41.8 Å². The van der Waals surface area contributed by atoms with Gasteiger partial charge in [0.2, 0.25) is 0 Å². The Morgan fingerprint density at radius 2 is 1.53 bits per heavy atom. The molecule has 1 amide bonds. The number of alkyl carbamates (subject to hydrolysis) is 1. The Morgan fingerprint density at radius 3 is 2.12 bits per heavy atom. The third-order valence-corrected chi connectivity index (χ3v) is 5.83. The van der Waals surface area contributed by atoms with Crippen molar-refractivity contribution in [1.29, 1.82) is 0 Å². The van der Waals surface area contributed by atoms with E-state index >= 15 is 0 Å². The van der Waals surface area contributed by atoms with Gasteiger partial charge in [0.1, 0.15) is 19.0 Å². The molecular weight excluding hydrogens is 406 g/mol. The molecule has 3 aromatic carbocycles. The van der Waals surface area contributed by atoms with Crippen molar-refractivity contribution in [2.24, 2.45) is 0 Å². The second kappa shape index (κ2) is 9.77. The van der Waals surface area contributed by atoms with Gasteiger partial charge in [-0.15, -0.1) is 0 Å². The lowest BCUT2D eigenvalue weighted by atomic mass is 9.98. The van der Waals surface area contributed by atoms with Gasteiger partial charge in [0.15, 0.2) is 0 Å². The Bertz CT molecular complexity index is 1050. The third-order valence-electron chi connectivity index (χ3n) is 5.83. The molecule has 0 saturated heterocycles. The molecule has 4 rings (SSSR count). The molecule has 2 atom stereocenters. The van der Waals surface area contributed by atoms with Gasteiger partial charge in [-0.05, 0) is 34.2 Å². The van der Waals surface area contributed by atoms with Gasteiger partial charge in [0.05, 0.1) is 6.10 Å². The summed E-state index contributed by atoms with van der Waals surface area (Å²) >= 11 is 0. The molecule has 0 heterocycles. The van der Waals surface area contributed by atoms with E-state index in [1.165, 1.54) is 0 Å². The smallest absolute Gasteiger partial charge is 0.407 e. The summed E-state index contributed by atoms with van der Waals surface area (Å²) in [5.41, 5.74) is 5.60. The van der Waals surface area contributed by atoms with Gasteiger partial charge in [-0.1, -0.05) is 72.8 Å². The van der Waals surface area contributed by atoms with Crippen molar-refractivity contribution in [2.45, 2.75) is 24.5 Å². The molecule has 1 aliphatic rings. The van der Waals surface area contributed by atoms with Crippen molar-refractivity contribution in [3.05, 3.63) is 95.1 Å². The maximum absolute atomic E-state index is 12.2. The number of carbonyl (C=O) groups excluding carboxylic acids is 2. The zero-order valence-corrected chi connectivity index (χ0v) is 17.5. The number of carbonyl (C=O) groups is 2. The molecule has 0 aliphatic heterocycles. The number of hydrogen-bond donors (Lipinski definition) is 3. The fraction of sp³-hybridized carbons (Fsp3) is 0.231. The molecule has 164 valence electrons. The zero-order valence-electron chi connectivity index (χ0n) is 17.5. The van der Waals surface area contributed by atoms with Crippen molar-refractivity contribution in [3.8, 4) is 11.1 Å². The fourth-order valence-electron chi connectivity index (χ4n) is 4.12. The number of ether oxygens (including phenoxy) is 1. The maximum atomic E-state index is 12.2. The van der Waals surface area contributed by atoms with Gasteiger partial charge in [0, 0.05) is 18.0 Å². The Hall–Kier alpha value is -3.48. The van der Waals surface area contributed by atoms with E-state index in [9.17, 15) is 19.8 Å². The van der Waals surface area contributed by atoms with Gasteiger partial charge in [0.25, 0.3) is 0 Å². The van der Waals surface area contributed by atoms with E-state index in [0.717, 1.165) is 22.3 Å². The summed E-state index contributed by atoms with van der Waals surface area (Å²) < 4.78 is 5.46. The highest BCUT2D eigenvalue weighted by Crippen LogP contribution is 2.44. The number of hydrogen-bond acceptors (Lipinski definition) is 5. The normalized spacial score (nSPS) is 14.2. The Labute approximate surface area is 186 Å². The monoisotopic (exact) mass is 431 g/mol. The Balaban J connectivity index is 1.27. The molecule has 3 aromatic rings. The first-order chi connectivity index (χ1) is 15.6. The van der Waals surface area contributed by atoms with E-state index in [1.54, 1.807) is 24.3 Å². The molecule has 0 radical (unpaired) electrons. The van der Waals surface area contributed by atoms with Crippen molar-refractivity contribution >= 4 is 12.4 Å². The van der Waals surface area contributed by atoms with E-state index in [-0.39, 0.29) is 25.5 Å². The molecule has 0 fully saturated rings. The minimum atomic E-state index is -1.11. The molecule has 0 saturated carbocycles. The van der Waals surface area contributed by atoms with Gasteiger partial charge in [-0.2, -0.15) is 0 Å². The summed E-state index contributed by atoms with van der Waals surface area (Å²) in [5, 5.41) is 23.1. The summed E-state index contributed by atoms with van der Waals surface area (Å²) in [5.74, 6) is -0.0186. The van der Waals surface area contributed by atoms with Crippen LogP contribution in [0.25, 0.3) is 11.1 Å². The van der Waals surface area contributed by atoms with Crippen molar-refractivity contribution in [2.75, 3.05) is 13.2 Å². The number of nitrogens with one attached hydrogen (secondary N) is 1. The standard InChI is InChI=1S/C26H25NO5/c28-15-17-9-11-18(12-10-17)25(30)24(29)13-14-27-26(31)32-16-23-21-7-3-1-5-19(21)20-6-2-4-8-22(20)23/h1-12,15,23-25,29-30H,13-14,16H2,(H,27,31). The van der Waals surface area contributed by atoms with Gasteiger partial charge < -0.3 is 20.3 Å². The largest absolute Gasteiger partial charge is 0.449 e. The van der Waals surface area contributed by atoms with Crippen LogP contribution in [0, 0.1) is 0 Å². The van der Waals surface area contributed by atoms with Crippen molar-refractivity contribution in [1.82, 2.24) is 5.32 Å². The van der Waals surface area contributed by atoms with Crippen LogP contribution >= 0.6 is 0 Å². The fourth-order valence-corrected chi connectivity index (χ4v) is 4.12. The highest BCUT2D eigenvalue weighted by Gasteiger charge is 2.29. The van der Waals surface area contributed by atoms with Crippen LogP contribution in [0.1, 0.15) is 45.5 Å². The zero-order chi connectivity index (χ0) is 22.5. The van der Waals surface area contributed by atoms with E-state index < -0.39 is 18.3 Å². The minimum absolute atomic E-state index is 0.0186. The number of rotatable bonds is 8. The number of aldehydes is 1. The quantitative estimate of drug-likeness (QED) is 0.471. The predicted octanol–water partition coefficient (Wildman–Crippen LogP) is 3.82. The molecule has 32 heavy (non-hydrogen) atoms. The van der Waals surface area contributed by atoms with Crippen LogP contribution in [0.15, 0.2) is 72.8 Å². The second-order valence-corrected chi connectivity index (χ2v) is 7.84. The lowest BCUT2D eigenvalue weighted by Crippen LogP contribution is -2.30. The predicted molar refractivity (Wildman–Crippen MR) is 120 cm³/mol. The van der Waals surface area contributed by atoms with Crippen LogP contribution in [0.3, 0.4) is 0 Å². The van der Waals surface area contributed by atoms with Crippen LogP contribution < -0.4 is 5.32 Å². The van der Waals surface area contributed by atoms with Crippen LogP contribution in [0.4, 0.5) is 4.79 Å². The average Bonchev–Trinajstić information content (AvgIpc) is 3.16. The lowest BCUT2D eigenvalue weighted by molar-refractivity contribution is 0.0136. The summed E-state index contributed by atoms with van der Waals surface area (Å²) in [6, 6.07) is 22.6. The van der Waals surface area contributed by atoms with E-state index in [4.69, 9.17) is 4.74 Å². The van der Waals surface area contributed by atoms with Crippen LogP contribution in [0.5, 0.6) is 0 Å². The molecule has 3 N–H and O–H groups in total. The molecular formula is C26H25NO5. The van der Waals surface area contributed by atoms with Crippen molar-refractivity contribution < 1.29 is 24.5 Å². The summed E-state index contributed by atoms with van der Waals surface area (Å²) in [4.78, 5) is 22.9. The molecule has 0 spiro atoms. The maximum Gasteiger partial charge on any atom is 0.407 e. The SMILES string of the molecule is O=Cc1ccc(C(O)C(O)CCNC(=O)OCC2c3ccccc3-c3ccccc32)cc1. The van der Waals surface area contributed by atoms with Crippen molar-refractivity contribution in [3.63, 3.8) is 0 Å². The topological polar surface area (TPSA) is 95.9 Å². The Kier molecular flexibility index (Phi) is 6.63. The summed E-state index contributed by atoms with van der Waals surface area (Å²) in [7, 11) is 0. The first-order valence-electron chi connectivity index (χ1n) is 10.6. The molecule has 6 nitrogen and oxygen atoms in total. The van der Waals surface area contributed by atoms with Gasteiger partial charge in [-0.25, -0.2) is 4.79 Å². The molecule has 0 bridgehead atoms. The number of amides is 1. The average molecular weight is 431 g/mol. The highest BCUT2D eigenvalue weighted by molar-refractivity contribution is 5.79. The first kappa shape index (κ1) is 21.7. The number of benzene rings is 3.